The number of ether oxygens (including phenoxy) is 1. The second kappa shape index (κ2) is 7.53. The van der Waals surface area contributed by atoms with Gasteiger partial charge in [-0.2, -0.15) is 5.26 Å². The maximum Gasteiger partial charge on any atom is 0.573 e. The van der Waals surface area contributed by atoms with Crippen molar-refractivity contribution < 1.29 is 27.9 Å². The molecule has 0 aliphatic rings. The predicted octanol–water partition coefficient (Wildman–Crippen LogP) is 4.12. The summed E-state index contributed by atoms with van der Waals surface area (Å²) in [4.78, 5) is 9.42. The van der Waals surface area contributed by atoms with Crippen molar-refractivity contribution in [3.8, 4) is 17.6 Å². The van der Waals surface area contributed by atoms with Crippen molar-refractivity contribution in [3.63, 3.8) is 0 Å². The summed E-state index contributed by atoms with van der Waals surface area (Å²) in [5.41, 5.74) is -0.815. The molecule has 0 aliphatic heterocycles. The van der Waals surface area contributed by atoms with Crippen molar-refractivity contribution in [1.82, 2.24) is 4.98 Å². The van der Waals surface area contributed by atoms with Crippen LogP contribution in [0.25, 0.3) is 0 Å². The first kappa shape index (κ1) is 20.0. The summed E-state index contributed by atoms with van der Waals surface area (Å²) in [5, 5.41) is 23.4. The van der Waals surface area contributed by atoms with Crippen LogP contribution in [0.2, 0.25) is 0 Å². The molecule has 0 fully saturated rings. The molecule has 0 saturated heterocycles. The number of aromatic hydroxyl groups is 1. The van der Waals surface area contributed by atoms with E-state index in [1.165, 1.54) is 18.3 Å². The topological polar surface area (TPSA) is 87.7 Å². The second-order valence-electron chi connectivity index (χ2n) is 6.38. The van der Waals surface area contributed by atoms with Crippen LogP contribution in [-0.4, -0.2) is 27.8 Å². The van der Waals surface area contributed by atoms with Gasteiger partial charge in [-0.1, -0.05) is 5.16 Å². The third-order valence-electron chi connectivity index (χ3n) is 3.02. The van der Waals surface area contributed by atoms with E-state index in [1.54, 1.807) is 20.8 Å². The fraction of sp³-hybridized carbons (Fsp3) is 0.278. The molecule has 0 spiro atoms. The Morgan fingerprint density at radius 1 is 1.22 bits per heavy atom. The van der Waals surface area contributed by atoms with Gasteiger partial charge in [-0.15, -0.1) is 13.2 Å². The number of nitriles is 1. The van der Waals surface area contributed by atoms with Crippen molar-refractivity contribution in [1.29, 1.82) is 5.26 Å². The lowest BCUT2D eigenvalue weighted by Gasteiger charge is -2.18. The summed E-state index contributed by atoms with van der Waals surface area (Å²) >= 11 is 0. The van der Waals surface area contributed by atoms with E-state index in [-0.39, 0.29) is 28.3 Å². The lowest BCUT2D eigenvalue weighted by atomic mass is 10.0. The van der Waals surface area contributed by atoms with Crippen LogP contribution in [0.3, 0.4) is 0 Å². The van der Waals surface area contributed by atoms with Crippen molar-refractivity contribution >= 4 is 5.71 Å². The molecule has 1 aromatic heterocycles. The van der Waals surface area contributed by atoms with E-state index in [0.29, 0.717) is 0 Å². The van der Waals surface area contributed by atoms with Gasteiger partial charge < -0.3 is 14.7 Å². The molecule has 1 N–H and O–H groups in total. The SMILES string of the molecule is CC(C)(C)O/N=C(/c1cc(OC(F)(F)F)ccc1O)c1ncccc1C#N. The van der Waals surface area contributed by atoms with Crippen LogP contribution < -0.4 is 4.74 Å². The fourth-order valence-corrected chi connectivity index (χ4v) is 1.99. The molecule has 0 unspecified atom stereocenters. The minimum atomic E-state index is -4.91. The molecular formula is C18H16F3N3O3. The molecule has 2 aromatic rings. The van der Waals surface area contributed by atoms with Crippen molar-refractivity contribution in [2.24, 2.45) is 5.16 Å². The zero-order valence-electron chi connectivity index (χ0n) is 14.7. The van der Waals surface area contributed by atoms with E-state index < -0.39 is 17.7 Å². The molecule has 0 atom stereocenters. The van der Waals surface area contributed by atoms with Gasteiger partial charge in [0.25, 0.3) is 0 Å². The lowest BCUT2D eigenvalue weighted by molar-refractivity contribution is -0.274. The van der Waals surface area contributed by atoms with E-state index in [4.69, 9.17) is 4.84 Å². The van der Waals surface area contributed by atoms with Crippen LogP contribution in [0, 0.1) is 11.3 Å². The molecule has 1 heterocycles. The molecule has 27 heavy (non-hydrogen) atoms. The van der Waals surface area contributed by atoms with Crippen molar-refractivity contribution in [2.75, 3.05) is 0 Å². The number of aromatic nitrogens is 1. The van der Waals surface area contributed by atoms with Crippen LogP contribution in [0.5, 0.6) is 11.5 Å². The van der Waals surface area contributed by atoms with Crippen molar-refractivity contribution in [2.45, 2.75) is 32.7 Å². The minimum absolute atomic E-state index is 0.0451. The highest BCUT2D eigenvalue weighted by atomic mass is 19.4. The van der Waals surface area contributed by atoms with Crippen LogP contribution in [0.4, 0.5) is 13.2 Å². The quantitative estimate of drug-likeness (QED) is 0.638. The van der Waals surface area contributed by atoms with Crippen LogP contribution in [0.15, 0.2) is 41.7 Å². The zero-order chi connectivity index (χ0) is 20.2. The van der Waals surface area contributed by atoms with Gasteiger partial charge in [0.2, 0.25) is 0 Å². The number of pyridine rings is 1. The van der Waals surface area contributed by atoms with Crippen LogP contribution in [-0.2, 0) is 4.84 Å². The van der Waals surface area contributed by atoms with Gasteiger partial charge in [-0.3, -0.25) is 4.98 Å². The van der Waals surface area contributed by atoms with Crippen LogP contribution in [0.1, 0.15) is 37.6 Å². The van der Waals surface area contributed by atoms with Gasteiger partial charge in [0, 0.05) is 6.20 Å². The number of rotatable bonds is 4. The summed E-state index contributed by atoms with van der Waals surface area (Å²) in [6.07, 6.45) is -3.52. The van der Waals surface area contributed by atoms with Gasteiger partial charge >= 0.3 is 6.36 Å². The second-order valence-corrected chi connectivity index (χ2v) is 6.38. The predicted molar refractivity (Wildman–Crippen MR) is 90.2 cm³/mol. The minimum Gasteiger partial charge on any atom is -0.507 e. The molecular weight excluding hydrogens is 363 g/mol. The van der Waals surface area contributed by atoms with E-state index in [0.717, 1.165) is 18.2 Å². The Morgan fingerprint density at radius 3 is 2.52 bits per heavy atom. The highest BCUT2D eigenvalue weighted by Gasteiger charge is 2.32. The third-order valence-corrected chi connectivity index (χ3v) is 3.02. The van der Waals surface area contributed by atoms with Crippen molar-refractivity contribution in [3.05, 3.63) is 53.3 Å². The number of oxime groups is 1. The maximum absolute atomic E-state index is 12.5. The maximum atomic E-state index is 12.5. The molecule has 0 radical (unpaired) electrons. The number of nitrogens with zero attached hydrogens (tertiary/aromatic N) is 3. The average molecular weight is 379 g/mol. The first-order chi connectivity index (χ1) is 12.5. The molecule has 1 aromatic carbocycles. The number of phenolic OH excluding ortho intramolecular Hbond substituents is 1. The average Bonchev–Trinajstić information content (AvgIpc) is 2.56. The Morgan fingerprint density at radius 2 is 1.93 bits per heavy atom. The number of alkyl halides is 3. The Hall–Kier alpha value is -3.28. The molecule has 0 saturated carbocycles. The number of halogens is 3. The number of phenols is 1. The number of hydrogen-bond acceptors (Lipinski definition) is 6. The molecule has 0 bridgehead atoms. The van der Waals surface area contributed by atoms with E-state index in [2.05, 4.69) is 14.9 Å². The largest absolute Gasteiger partial charge is 0.573 e. The fourth-order valence-electron chi connectivity index (χ4n) is 1.99. The Labute approximate surface area is 153 Å². The van der Waals surface area contributed by atoms with E-state index >= 15 is 0 Å². The highest BCUT2D eigenvalue weighted by molar-refractivity contribution is 6.14. The van der Waals surface area contributed by atoms with Gasteiger partial charge in [-0.25, -0.2) is 0 Å². The molecule has 2 rings (SSSR count). The van der Waals surface area contributed by atoms with Gasteiger partial charge in [0.05, 0.1) is 11.1 Å². The summed E-state index contributed by atoms with van der Waals surface area (Å²) in [5.74, 6) is -0.941. The van der Waals surface area contributed by atoms with E-state index in [1.807, 2.05) is 6.07 Å². The normalized spacial score (nSPS) is 12.4. The third kappa shape index (κ3) is 5.60. The summed E-state index contributed by atoms with van der Waals surface area (Å²) in [6, 6.07) is 7.84. The van der Waals surface area contributed by atoms with E-state index in [9.17, 15) is 23.5 Å². The number of hydrogen-bond donors (Lipinski definition) is 1. The zero-order valence-corrected chi connectivity index (χ0v) is 14.7. The highest BCUT2D eigenvalue weighted by Crippen LogP contribution is 2.30. The summed E-state index contributed by atoms with van der Waals surface area (Å²) in [6.45, 7) is 5.13. The Balaban J connectivity index is 2.64. The summed E-state index contributed by atoms with van der Waals surface area (Å²) in [7, 11) is 0. The lowest BCUT2D eigenvalue weighted by Crippen LogP contribution is -2.19. The Bertz CT molecular complexity index is 897. The first-order valence-corrected chi connectivity index (χ1v) is 7.71. The standard InChI is InChI=1S/C18H16F3N3O3/c1-17(2,3)27-24-16(15-11(10-22)5-4-8-23-15)13-9-12(6-7-14(13)25)26-18(19,20)21/h4-9,25H,1-3H3/b24-16-. The molecule has 0 aliphatic carbocycles. The molecule has 0 amide bonds. The first-order valence-electron chi connectivity index (χ1n) is 7.71. The smallest absolute Gasteiger partial charge is 0.507 e. The van der Waals surface area contributed by atoms with Gasteiger partial charge in [0.1, 0.15) is 34.6 Å². The van der Waals surface area contributed by atoms with Crippen LogP contribution >= 0.6 is 0 Å². The number of benzene rings is 1. The Kier molecular flexibility index (Phi) is 5.59. The molecule has 6 nitrogen and oxygen atoms in total. The van der Waals surface area contributed by atoms with Gasteiger partial charge in [0.15, 0.2) is 0 Å². The molecule has 9 heteroatoms. The van der Waals surface area contributed by atoms with Gasteiger partial charge in [-0.05, 0) is 51.1 Å². The molecule has 142 valence electrons. The summed E-state index contributed by atoms with van der Waals surface area (Å²) < 4.78 is 41.5. The monoisotopic (exact) mass is 379 g/mol.